The van der Waals surface area contributed by atoms with Gasteiger partial charge < -0.3 is 15.2 Å². The fourth-order valence-electron chi connectivity index (χ4n) is 1.09. The van der Waals surface area contributed by atoms with Gasteiger partial charge in [0.15, 0.2) is 0 Å². The number of carbonyl (C=O) groups excluding carboxylic acids is 2. The maximum Gasteiger partial charge on any atom is 0.347 e. The first-order valence-electron chi connectivity index (χ1n) is 6.02. The van der Waals surface area contributed by atoms with Crippen LogP contribution in [0.4, 0.5) is 0 Å². The van der Waals surface area contributed by atoms with Crippen molar-refractivity contribution in [2.75, 3.05) is 6.61 Å². The Morgan fingerprint density at radius 1 is 1.18 bits per heavy atom. The smallest absolute Gasteiger partial charge is 0.347 e. The summed E-state index contributed by atoms with van der Waals surface area (Å²) in [5.41, 5.74) is 5.38. The van der Waals surface area contributed by atoms with Gasteiger partial charge in [-0.15, -0.1) is 0 Å². The molecule has 5 nitrogen and oxygen atoms in total. The van der Waals surface area contributed by atoms with Crippen LogP contribution in [0.25, 0.3) is 0 Å². The molecule has 2 atom stereocenters. The molecule has 0 aliphatic heterocycles. The van der Waals surface area contributed by atoms with Gasteiger partial charge in [0.05, 0.1) is 6.61 Å². The van der Waals surface area contributed by atoms with E-state index in [9.17, 15) is 9.59 Å². The number of ether oxygens (including phenoxy) is 2. The summed E-state index contributed by atoms with van der Waals surface area (Å²) in [6, 6.07) is -0.736. The summed E-state index contributed by atoms with van der Waals surface area (Å²) >= 11 is 0. The Morgan fingerprint density at radius 2 is 1.76 bits per heavy atom. The second-order valence-corrected chi connectivity index (χ2v) is 4.41. The predicted molar refractivity (Wildman–Crippen MR) is 64.2 cm³/mol. The number of esters is 2. The highest BCUT2D eigenvalue weighted by molar-refractivity contribution is 5.81. The average molecular weight is 245 g/mol. The summed E-state index contributed by atoms with van der Waals surface area (Å²) < 4.78 is 10.1. The van der Waals surface area contributed by atoms with Crippen molar-refractivity contribution >= 4 is 11.9 Å². The van der Waals surface area contributed by atoms with Gasteiger partial charge >= 0.3 is 11.9 Å². The van der Waals surface area contributed by atoms with Crippen LogP contribution >= 0.6 is 0 Å². The first-order valence-corrected chi connectivity index (χ1v) is 6.02. The Bertz CT molecular complexity index is 251. The van der Waals surface area contributed by atoms with Crippen LogP contribution in [0.2, 0.25) is 0 Å². The molecule has 0 heterocycles. The van der Waals surface area contributed by atoms with Crippen LogP contribution in [-0.2, 0) is 19.1 Å². The largest absolute Gasteiger partial charge is 0.463 e. The van der Waals surface area contributed by atoms with E-state index in [-0.39, 0.29) is 5.92 Å². The van der Waals surface area contributed by atoms with Gasteiger partial charge in [0.25, 0.3) is 0 Å². The van der Waals surface area contributed by atoms with Crippen LogP contribution in [0.5, 0.6) is 0 Å². The normalized spacial score (nSPS) is 14.2. The minimum atomic E-state index is -0.870. The summed E-state index contributed by atoms with van der Waals surface area (Å²) in [5.74, 6) is -1.22. The van der Waals surface area contributed by atoms with Crippen LogP contribution in [0, 0.1) is 5.92 Å². The van der Waals surface area contributed by atoms with Crippen LogP contribution < -0.4 is 5.73 Å². The van der Waals surface area contributed by atoms with Crippen molar-refractivity contribution in [1.29, 1.82) is 0 Å². The second kappa shape index (κ2) is 8.06. The molecule has 5 heteroatoms. The summed E-state index contributed by atoms with van der Waals surface area (Å²) in [6.45, 7) is 7.46. The second-order valence-electron chi connectivity index (χ2n) is 4.41. The zero-order chi connectivity index (χ0) is 13.4. The summed E-state index contributed by atoms with van der Waals surface area (Å²) in [7, 11) is 0. The third kappa shape index (κ3) is 6.26. The van der Waals surface area contributed by atoms with E-state index in [1.807, 2.05) is 6.92 Å². The number of carbonyl (C=O) groups is 2. The number of unbranched alkanes of at least 4 members (excludes halogenated alkanes) is 1. The van der Waals surface area contributed by atoms with Gasteiger partial charge in [0, 0.05) is 5.92 Å². The van der Waals surface area contributed by atoms with Crippen molar-refractivity contribution in [2.45, 2.75) is 52.7 Å². The van der Waals surface area contributed by atoms with Gasteiger partial charge in [-0.05, 0) is 13.3 Å². The standard InChI is InChI=1S/C12H23NO4/c1-5-6-7-16-12(15)10(8(2)3)17-11(14)9(4)13/h8-10H,5-7,13H2,1-4H3/t9-,10+/m1/s1. The molecule has 0 bridgehead atoms. The summed E-state index contributed by atoms with van der Waals surface area (Å²) in [5, 5.41) is 0. The topological polar surface area (TPSA) is 78.6 Å². The summed E-state index contributed by atoms with van der Waals surface area (Å²) in [6.07, 6.45) is 0.877. The first-order chi connectivity index (χ1) is 7.90. The number of nitrogens with two attached hydrogens (primary N) is 1. The Labute approximate surface area is 103 Å². The van der Waals surface area contributed by atoms with Crippen LogP contribution in [0.3, 0.4) is 0 Å². The fourth-order valence-corrected chi connectivity index (χ4v) is 1.09. The summed E-state index contributed by atoms with van der Waals surface area (Å²) in [4.78, 5) is 23.0. The lowest BCUT2D eigenvalue weighted by molar-refractivity contribution is -0.171. The molecule has 0 aliphatic rings. The van der Waals surface area contributed by atoms with E-state index in [0.717, 1.165) is 12.8 Å². The van der Waals surface area contributed by atoms with E-state index in [1.54, 1.807) is 13.8 Å². The number of rotatable bonds is 7. The monoisotopic (exact) mass is 245 g/mol. The molecule has 0 aromatic rings. The average Bonchev–Trinajstić information content (AvgIpc) is 2.24. The maximum absolute atomic E-state index is 11.7. The molecule has 0 saturated heterocycles. The number of hydrogen-bond acceptors (Lipinski definition) is 5. The van der Waals surface area contributed by atoms with E-state index in [4.69, 9.17) is 15.2 Å². The van der Waals surface area contributed by atoms with E-state index in [0.29, 0.717) is 6.61 Å². The maximum atomic E-state index is 11.7. The Balaban J connectivity index is 4.32. The molecule has 0 unspecified atom stereocenters. The van der Waals surface area contributed by atoms with E-state index in [1.165, 1.54) is 6.92 Å². The molecule has 0 radical (unpaired) electrons. The van der Waals surface area contributed by atoms with Gasteiger partial charge in [0.2, 0.25) is 6.10 Å². The van der Waals surface area contributed by atoms with Crippen molar-refractivity contribution < 1.29 is 19.1 Å². The molecule has 0 aliphatic carbocycles. The zero-order valence-electron chi connectivity index (χ0n) is 11.1. The van der Waals surface area contributed by atoms with Gasteiger partial charge in [-0.2, -0.15) is 0 Å². The molecule has 17 heavy (non-hydrogen) atoms. The molecule has 100 valence electrons. The van der Waals surface area contributed by atoms with Crippen LogP contribution in [-0.4, -0.2) is 30.7 Å². The Morgan fingerprint density at radius 3 is 2.18 bits per heavy atom. The fraction of sp³-hybridized carbons (Fsp3) is 0.833. The quantitative estimate of drug-likeness (QED) is 0.539. The van der Waals surface area contributed by atoms with E-state index >= 15 is 0 Å². The highest BCUT2D eigenvalue weighted by Gasteiger charge is 2.28. The van der Waals surface area contributed by atoms with Crippen molar-refractivity contribution in [2.24, 2.45) is 11.7 Å². The Kier molecular flexibility index (Phi) is 7.54. The molecule has 2 N–H and O–H groups in total. The van der Waals surface area contributed by atoms with Gasteiger partial charge in [-0.3, -0.25) is 4.79 Å². The van der Waals surface area contributed by atoms with Crippen molar-refractivity contribution in [1.82, 2.24) is 0 Å². The molecule has 0 aromatic heterocycles. The first kappa shape index (κ1) is 15.9. The predicted octanol–water partition coefficient (Wildman–Crippen LogP) is 1.24. The van der Waals surface area contributed by atoms with E-state index in [2.05, 4.69) is 0 Å². The highest BCUT2D eigenvalue weighted by Crippen LogP contribution is 2.10. The van der Waals surface area contributed by atoms with Crippen LogP contribution in [0.15, 0.2) is 0 Å². The van der Waals surface area contributed by atoms with Crippen molar-refractivity contribution in [3.8, 4) is 0 Å². The van der Waals surface area contributed by atoms with Crippen molar-refractivity contribution in [3.63, 3.8) is 0 Å². The number of hydrogen-bond donors (Lipinski definition) is 1. The minimum absolute atomic E-state index is 0.133. The molecule has 0 aromatic carbocycles. The van der Waals surface area contributed by atoms with Gasteiger partial charge in [0.1, 0.15) is 6.04 Å². The lowest BCUT2D eigenvalue weighted by Crippen LogP contribution is -2.39. The van der Waals surface area contributed by atoms with Gasteiger partial charge in [-0.1, -0.05) is 27.2 Å². The molecule has 0 spiro atoms. The lowest BCUT2D eigenvalue weighted by Gasteiger charge is -2.20. The minimum Gasteiger partial charge on any atom is -0.463 e. The molecular formula is C12H23NO4. The molecular weight excluding hydrogens is 222 g/mol. The van der Waals surface area contributed by atoms with E-state index < -0.39 is 24.1 Å². The lowest BCUT2D eigenvalue weighted by atomic mass is 10.1. The zero-order valence-corrected chi connectivity index (χ0v) is 11.1. The third-order valence-corrected chi connectivity index (χ3v) is 2.19. The molecule has 0 amide bonds. The van der Waals surface area contributed by atoms with Crippen LogP contribution in [0.1, 0.15) is 40.5 Å². The molecule has 0 saturated carbocycles. The van der Waals surface area contributed by atoms with Crippen molar-refractivity contribution in [3.05, 3.63) is 0 Å². The third-order valence-electron chi connectivity index (χ3n) is 2.19. The Hall–Kier alpha value is -1.10. The molecule has 0 fully saturated rings. The van der Waals surface area contributed by atoms with Gasteiger partial charge in [-0.25, -0.2) is 4.79 Å². The highest BCUT2D eigenvalue weighted by atomic mass is 16.6. The molecule has 0 rings (SSSR count). The SMILES string of the molecule is CCCCOC(=O)[C@@H](OC(=O)[C@@H](C)N)C(C)C.